The Morgan fingerprint density at radius 2 is 1.95 bits per heavy atom. The van der Waals surface area contributed by atoms with Gasteiger partial charge in [-0.1, -0.05) is 36.4 Å². The third-order valence-electron chi connectivity index (χ3n) is 3.82. The van der Waals surface area contributed by atoms with Gasteiger partial charge < -0.3 is 14.8 Å². The summed E-state index contributed by atoms with van der Waals surface area (Å²) in [7, 11) is 1.73. The van der Waals surface area contributed by atoms with Gasteiger partial charge in [-0.3, -0.25) is 0 Å². The summed E-state index contributed by atoms with van der Waals surface area (Å²) >= 11 is 0. The Morgan fingerprint density at radius 1 is 1.10 bits per heavy atom. The van der Waals surface area contributed by atoms with Gasteiger partial charge in [-0.25, -0.2) is 0 Å². The lowest BCUT2D eigenvalue weighted by Crippen LogP contribution is -2.14. The van der Waals surface area contributed by atoms with Crippen LogP contribution in [0, 0.1) is 0 Å². The number of hydrogen-bond donors (Lipinski definition) is 1. The van der Waals surface area contributed by atoms with Gasteiger partial charge in [0, 0.05) is 26.6 Å². The van der Waals surface area contributed by atoms with Crippen molar-refractivity contribution in [3.05, 3.63) is 64.7 Å². The van der Waals surface area contributed by atoms with E-state index in [-0.39, 0.29) is 0 Å². The quantitative estimate of drug-likeness (QED) is 0.884. The van der Waals surface area contributed by atoms with Crippen LogP contribution in [0.5, 0.6) is 5.75 Å². The second-order valence-electron chi connectivity index (χ2n) is 5.35. The maximum Gasteiger partial charge on any atom is 0.122 e. The van der Waals surface area contributed by atoms with Gasteiger partial charge in [0.05, 0.1) is 13.2 Å². The van der Waals surface area contributed by atoms with Gasteiger partial charge in [0.25, 0.3) is 0 Å². The lowest BCUT2D eigenvalue weighted by molar-refractivity contribution is 0.184. The summed E-state index contributed by atoms with van der Waals surface area (Å²) in [5.41, 5.74) is 5.18. The maximum atomic E-state index is 5.54. The molecule has 0 aromatic heterocycles. The third kappa shape index (κ3) is 3.43. The van der Waals surface area contributed by atoms with Gasteiger partial charge in [0.15, 0.2) is 0 Å². The first-order valence-electron chi connectivity index (χ1n) is 7.38. The van der Waals surface area contributed by atoms with Crippen LogP contribution >= 0.6 is 0 Å². The maximum absolute atomic E-state index is 5.54. The Morgan fingerprint density at radius 3 is 2.81 bits per heavy atom. The Bertz CT molecular complexity index is 610. The van der Waals surface area contributed by atoms with E-state index in [1.807, 2.05) is 0 Å². The van der Waals surface area contributed by atoms with E-state index in [9.17, 15) is 0 Å². The molecule has 0 radical (unpaired) electrons. The van der Waals surface area contributed by atoms with Gasteiger partial charge in [-0.15, -0.1) is 0 Å². The molecule has 0 aliphatic carbocycles. The first-order chi connectivity index (χ1) is 10.4. The number of rotatable bonds is 6. The fraction of sp³-hybridized carbons (Fsp3) is 0.333. The average Bonchev–Trinajstić information content (AvgIpc) is 2.97. The molecule has 0 fully saturated rings. The van der Waals surface area contributed by atoms with E-state index in [2.05, 4.69) is 47.8 Å². The lowest BCUT2D eigenvalue weighted by Gasteiger charge is -2.10. The molecule has 110 valence electrons. The molecule has 0 saturated carbocycles. The molecule has 1 N–H and O–H groups in total. The lowest BCUT2D eigenvalue weighted by atomic mass is 10.1. The fourth-order valence-corrected chi connectivity index (χ4v) is 2.72. The monoisotopic (exact) mass is 283 g/mol. The van der Waals surface area contributed by atoms with Crippen molar-refractivity contribution in [2.45, 2.75) is 26.1 Å². The van der Waals surface area contributed by atoms with Crippen LogP contribution in [0.3, 0.4) is 0 Å². The van der Waals surface area contributed by atoms with E-state index in [0.717, 1.165) is 31.9 Å². The predicted molar refractivity (Wildman–Crippen MR) is 83.3 cm³/mol. The normalized spacial score (nSPS) is 13.0. The molecule has 0 amide bonds. The van der Waals surface area contributed by atoms with E-state index < -0.39 is 0 Å². The summed E-state index contributed by atoms with van der Waals surface area (Å²) in [5, 5.41) is 3.51. The highest BCUT2D eigenvalue weighted by atomic mass is 16.5. The van der Waals surface area contributed by atoms with Crippen LogP contribution in [-0.2, 0) is 30.9 Å². The SMILES string of the molecule is COCc1ccccc1CNCc1ccc2c(c1)CCO2. The van der Waals surface area contributed by atoms with Crippen molar-refractivity contribution in [1.82, 2.24) is 5.32 Å². The Balaban J connectivity index is 1.59. The molecule has 1 aliphatic heterocycles. The topological polar surface area (TPSA) is 30.5 Å². The molecule has 3 rings (SSSR count). The molecule has 0 unspecified atom stereocenters. The van der Waals surface area contributed by atoms with Crippen LogP contribution in [0.15, 0.2) is 42.5 Å². The van der Waals surface area contributed by atoms with Crippen LogP contribution in [-0.4, -0.2) is 13.7 Å². The zero-order chi connectivity index (χ0) is 14.5. The summed E-state index contributed by atoms with van der Waals surface area (Å²) in [6.45, 7) is 3.20. The largest absolute Gasteiger partial charge is 0.493 e. The molecule has 3 nitrogen and oxygen atoms in total. The Hall–Kier alpha value is -1.84. The van der Waals surface area contributed by atoms with Gasteiger partial charge in [0.1, 0.15) is 5.75 Å². The van der Waals surface area contributed by atoms with Crippen molar-refractivity contribution < 1.29 is 9.47 Å². The molecule has 1 aliphatic rings. The van der Waals surface area contributed by atoms with E-state index >= 15 is 0 Å². The summed E-state index contributed by atoms with van der Waals surface area (Å²) in [6, 6.07) is 14.9. The summed E-state index contributed by atoms with van der Waals surface area (Å²) in [5.74, 6) is 1.05. The van der Waals surface area contributed by atoms with Crippen LogP contribution in [0.2, 0.25) is 0 Å². The van der Waals surface area contributed by atoms with E-state index in [1.165, 1.54) is 22.3 Å². The minimum atomic E-state index is 0.661. The number of benzene rings is 2. The zero-order valence-electron chi connectivity index (χ0n) is 12.4. The van der Waals surface area contributed by atoms with E-state index in [4.69, 9.17) is 9.47 Å². The van der Waals surface area contributed by atoms with Gasteiger partial charge >= 0.3 is 0 Å². The highest BCUT2D eigenvalue weighted by Crippen LogP contribution is 2.25. The second kappa shape index (κ2) is 6.74. The van der Waals surface area contributed by atoms with Crippen LogP contribution in [0.4, 0.5) is 0 Å². The van der Waals surface area contributed by atoms with E-state index in [0.29, 0.717) is 6.61 Å². The molecule has 2 aromatic rings. The number of methoxy groups -OCH3 is 1. The number of hydrogen-bond acceptors (Lipinski definition) is 3. The molecule has 3 heteroatoms. The van der Waals surface area contributed by atoms with Crippen molar-refractivity contribution in [1.29, 1.82) is 0 Å². The molecule has 0 atom stereocenters. The van der Waals surface area contributed by atoms with Crippen molar-refractivity contribution in [3.8, 4) is 5.75 Å². The third-order valence-corrected chi connectivity index (χ3v) is 3.82. The molecular formula is C18H21NO2. The summed E-state index contributed by atoms with van der Waals surface area (Å²) in [4.78, 5) is 0. The standard InChI is InChI=1S/C18H21NO2/c1-20-13-17-5-3-2-4-16(17)12-19-11-14-6-7-18-15(10-14)8-9-21-18/h2-7,10,19H,8-9,11-13H2,1H3. The first kappa shape index (κ1) is 14.1. The minimum absolute atomic E-state index is 0.661. The summed E-state index contributed by atoms with van der Waals surface area (Å²) in [6.07, 6.45) is 1.03. The first-order valence-corrected chi connectivity index (χ1v) is 7.38. The Kier molecular flexibility index (Phi) is 4.53. The number of ether oxygens (including phenoxy) is 2. The molecule has 2 aromatic carbocycles. The molecule has 1 heterocycles. The van der Waals surface area contributed by atoms with Crippen LogP contribution < -0.4 is 10.1 Å². The molecule has 21 heavy (non-hydrogen) atoms. The van der Waals surface area contributed by atoms with Gasteiger partial charge in [-0.05, 0) is 28.3 Å². The highest BCUT2D eigenvalue weighted by molar-refractivity contribution is 5.39. The number of nitrogens with one attached hydrogen (secondary N) is 1. The predicted octanol–water partition coefficient (Wildman–Crippen LogP) is 3.06. The van der Waals surface area contributed by atoms with E-state index in [1.54, 1.807) is 7.11 Å². The smallest absolute Gasteiger partial charge is 0.122 e. The van der Waals surface area contributed by atoms with Crippen LogP contribution in [0.25, 0.3) is 0 Å². The zero-order valence-corrected chi connectivity index (χ0v) is 12.4. The second-order valence-corrected chi connectivity index (χ2v) is 5.35. The number of fused-ring (bicyclic) bond motifs is 1. The van der Waals surface area contributed by atoms with Crippen molar-refractivity contribution in [2.24, 2.45) is 0 Å². The van der Waals surface area contributed by atoms with Crippen molar-refractivity contribution >= 4 is 0 Å². The summed E-state index contributed by atoms with van der Waals surface area (Å²) < 4.78 is 10.8. The van der Waals surface area contributed by atoms with Gasteiger partial charge in [0.2, 0.25) is 0 Å². The fourth-order valence-electron chi connectivity index (χ4n) is 2.72. The molecular weight excluding hydrogens is 262 g/mol. The Labute approximate surface area is 125 Å². The average molecular weight is 283 g/mol. The molecule has 0 saturated heterocycles. The minimum Gasteiger partial charge on any atom is -0.493 e. The van der Waals surface area contributed by atoms with Crippen molar-refractivity contribution in [3.63, 3.8) is 0 Å². The highest BCUT2D eigenvalue weighted by Gasteiger charge is 2.11. The van der Waals surface area contributed by atoms with Gasteiger partial charge in [-0.2, -0.15) is 0 Å². The van der Waals surface area contributed by atoms with Crippen LogP contribution in [0.1, 0.15) is 22.3 Å². The van der Waals surface area contributed by atoms with Crippen molar-refractivity contribution in [2.75, 3.05) is 13.7 Å². The molecule has 0 spiro atoms. The molecule has 0 bridgehead atoms.